The third kappa shape index (κ3) is 4.09. The van der Waals surface area contributed by atoms with E-state index in [0.29, 0.717) is 11.3 Å². The van der Waals surface area contributed by atoms with E-state index in [1.54, 1.807) is 12.1 Å². The maximum Gasteiger partial charge on any atom is 0.257 e. The van der Waals surface area contributed by atoms with E-state index in [9.17, 15) is 13.6 Å². The Labute approximate surface area is 120 Å². The summed E-state index contributed by atoms with van der Waals surface area (Å²) in [4.78, 5) is 12.0. The number of aryl methyl sites for hydroxylation is 1. The van der Waals surface area contributed by atoms with Crippen molar-refractivity contribution in [2.24, 2.45) is 5.73 Å². The van der Waals surface area contributed by atoms with Gasteiger partial charge < -0.3 is 11.1 Å². The summed E-state index contributed by atoms with van der Waals surface area (Å²) in [7, 11) is 0. The summed E-state index contributed by atoms with van der Waals surface area (Å²) in [6.45, 7) is 1.42. The molecule has 1 heterocycles. The van der Waals surface area contributed by atoms with Crippen LogP contribution in [0.25, 0.3) is 0 Å². The molecule has 0 fully saturated rings. The van der Waals surface area contributed by atoms with Crippen LogP contribution in [0.4, 0.5) is 14.5 Å². The quantitative estimate of drug-likeness (QED) is 0.887. The van der Waals surface area contributed by atoms with E-state index in [1.165, 1.54) is 12.4 Å². The molecule has 1 unspecified atom stereocenters. The Balaban J connectivity index is 2.00. The number of alkyl halides is 2. The number of nitrogens with two attached hydrogens (primary N) is 1. The molecule has 1 aromatic heterocycles. The van der Waals surface area contributed by atoms with Crippen LogP contribution in [0.15, 0.2) is 36.7 Å². The summed E-state index contributed by atoms with van der Waals surface area (Å²) in [5.41, 5.74) is 7.95. The molecule has 0 saturated heterocycles. The Morgan fingerprint density at radius 1 is 1.38 bits per heavy atom. The molecule has 0 spiro atoms. The van der Waals surface area contributed by atoms with Crippen LogP contribution >= 0.6 is 0 Å². The van der Waals surface area contributed by atoms with Crippen molar-refractivity contribution in [3.8, 4) is 0 Å². The van der Waals surface area contributed by atoms with Gasteiger partial charge in [-0.25, -0.2) is 8.78 Å². The van der Waals surface area contributed by atoms with Crippen LogP contribution in [0.3, 0.4) is 0 Å². The van der Waals surface area contributed by atoms with Gasteiger partial charge in [-0.3, -0.25) is 9.48 Å². The highest BCUT2D eigenvalue weighted by atomic mass is 19.3. The van der Waals surface area contributed by atoms with Crippen molar-refractivity contribution in [2.75, 3.05) is 5.32 Å². The second-order valence-corrected chi connectivity index (χ2v) is 4.72. The first-order valence-corrected chi connectivity index (χ1v) is 6.39. The molecule has 0 aliphatic heterocycles. The highest BCUT2D eigenvalue weighted by Crippen LogP contribution is 2.14. The number of rotatable bonds is 5. The molecule has 0 aliphatic rings. The Kier molecular flexibility index (Phi) is 4.64. The van der Waals surface area contributed by atoms with E-state index in [-0.39, 0.29) is 0 Å². The number of halogens is 2. The summed E-state index contributed by atoms with van der Waals surface area (Å²) in [5.74, 6) is -0.421. The number of nitrogens with one attached hydrogen (secondary N) is 1. The van der Waals surface area contributed by atoms with Crippen molar-refractivity contribution < 1.29 is 13.6 Å². The number of nitrogens with zero attached hydrogens (tertiary/aromatic N) is 2. The largest absolute Gasteiger partial charge is 0.322 e. The molecule has 112 valence electrons. The zero-order valence-corrected chi connectivity index (χ0v) is 11.5. The van der Waals surface area contributed by atoms with Crippen molar-refractivity contribution in [1.82, 2.24) is 9.78 Å². The molecule has 1 atom stereocenters. The van der Waals surface area contributed by atoms with Gasteiger partial charge in [0.15, 0.2) is 0 Å². The van der Waals surface area contributed by atoms with Gasteiger partial charge in [-0.1, -0.05) is 29.8 Å². The first-order valence-electron chi connectivity index (χ1n) is 6.39. The first kappa shape index (κ1) is 15.1. The zero-order valence-electron chi connectivity index (χ0n) is 11.5. The van der Waals surface area contributed by atoms with Gasteiger partial charge >= 0.3 is 0 Å². The summed E-state index contributed by atoms with van der Waals surface area (Å²) in [5, 5.41) is 6.29. The molecular formula is C14H16F2N4O. The lowest BCUT2D eigenvalue weighted by atomic mass is 10.1. The lowest BCUT2D eigenvalue weighted by Crippen LogP contribution is -2.27. The molecule has 0 radical (unpaired) electrons. The molecule has 21 heavy (non-hydrogen) atoms. The monoisotopic (exact) mass is 294 g/mol. The van der Waals surface area contributed by atoms with E-state index in [0.717, 1.165) is 10.2 Å². The highest BCUT2D eigenvalue weighted by Gasteiger charge is 2.16. The number of hydrogen-bond acceptors (Lipinski definition) is 3. The second kappa shape index (κ2) is 6.45. The van der Waals surface area contributed by atoms with Gasteiger partial charge in [0, 0.05) is 6.20 Å². The average Bonchev–Trinajstić information content (AvgIpc) is 2.85. The minimum atomic E-state index is -2.50. The molecule has 5 nitrogen and oxygen atoms in total. The number of anilines is 1. The number of aromatic nitrogens is 2. The third-order valence-electron chi connectivity index (χ3n) is 2.94. The lowest BCUT2D eigenvalue weighted by molar-refractivity contribution is -0.117. The Morgan fingerprint density at radius 3 is 2.67 bits per heavy atom. The Bertz CT molecular complexity index is 610. The maximum absolute atomic E-state index is 12.2. The molecule has 7 heteroatoms. The smallest absolute Gasteiger partial charge is 0.257 e. The predicted molar refractivity (Wildman–Crippen MR) is 75.0 cm³/mol. The van der Waals surface area contributed by atoms with Gasteiger partial charge in [0.25, 0.3) is 6.43 Å². The van der Waals surface area contributed by atoms with E-state index in [1.807, 2.05) is 19.1 Å². The van der Waals surface area contributed by atoms with E-state index in [4.69, 9.17) is 5.73 Å². The molecular weight excluding hydrogens is 278 g/mol. The van der Waals surface area contributed by atoms with Crippen LogP contribution in [0.5, 0.6) is 0 Å². The van der Waals surface area contributed by atoms with Crippen LogP contribution in [-0.2, 0) is 11.3 Å². The fraction of sp³-hybridized carbons (Fsp3) is 0.286. The minimum Gasteiger partial charge on any atom is -0.322 e. The molecule has 0 aliphatic carbocycles. The number of benzene rings is 1. The molecule has 0 bridgehead atoms. The van der Waals surface area contributed by atoms with Crippen molar-refractivity contribution in [3.63, 3.8) is 0 Å². The van der Waals surface area contributed by atoms with Gasteiger partial charge in [0.05, 0.1) is 11.9 Å². The van der Waals surface area contributed by atoms with Crippen LogP contribution in [0, 0.1) is 6.92 Å². The van der Waals surface area contributed by atoms with Crippen LogP contribution in [-0.4, -0.2) is 22.1 Å². The lowest BCUT2D eigenvalue weighted by Gasteiger charge is -2.11. The van der Waals surface area contributed by atoms with Crippen molar-refractivity contribution >= 4 is 11.6 Å². The summed E-state index contributed by atoms with van der Waals surface area (Å²) in [6, 6.07) is 6.45. The van der Waals surface area contributed by atoms with Crippen molar-refractivity contribution in [3.05, 3.63) is 47.8 Å². The Morgan fingerprint density at radius 2 is 2.05 bits per heavy atom. The molecule has 3 N–H and O–H groups in total. The molecule has 1 amide bonds. The second-order valence-electron chi connectivity index (χ2n) is 4.72. The molecule has 1 aromatic carbocycles. The van der Waals surface area contributed by atoms with Gasteiger partial charge in [-0.05, 0) is 12.5 Å². The fourth-order valence-corrected chi connectivity index (χ4v) is 1.81. The molecule has 0 saturated carbocycles. The maximum atomic E-state index is 12.2. The summed E-state index contributed by atoms with van der Waals surface area (Å²) in [6.07, 6.45) is 0.150. The van der Waals surface area contributed by atoms with E-state index >= 15 is 0 Å². The number of hydrogen-bond donors (Lipinski definition) is 2. The fourth-order valence-electron chi connectivity index (χ4n) is 1.81. The summed E-state index contributed by atoms with van der Waals surface area (Å²) >= 11 is 0. The standard InChI is InChI=1S/C14H16F2N4O/c1-9-2-4-10(5-3-9)13(17)14(21)19-11-6-18-20(7-11)8-12(15)16/h2-7,12-13H,8,17H2,1H3,(H,19,21). The highest BCUT2D eigenvalue weighted by molar-refractivity contribution is 5.95. The van der Waals surface area contributed by atoms with Crippen molar-refractivity contribution in [2.45, 2.75) is 25.9 Å². The first-order chi connectivity index (χ1) is 9.95. The van der Waals surface area contributed by atoms with Gasteiger partial charge in [-0.2, -0.15) is 5.10 Å². The SMILES string of the molecule is Cc1ccc(C(N)C(=O)Nc2cnn(CC(F)F)c2)cc1. The van der Waals surface area contributed by atoms with Crippen LogP contribution in [0.2, 0.25) is 0 Å². The van der Waals surface area contributed by atoms with Crippen LogP contribution in [0.1, 0.15) is 17.2 Å². The molecule has 2 rings (SSSR count). The average molecular weight is 294 g/mol. The summed E-state index contributed by atoms with van der Waals surface area (Å²) < 4.78 is 25.5. The number of carbonyl (C=O) groups excluding carboxylic acids is 1. The normalized spacial score (nSPS) is 12.4. The zero-order chi connectivity index (χ0) is 15.4. The topological polar surface area (TPSA) is 72.9 Å². The number of amides is 1. The van der Waals surface area contributed by atoms with E-state index < -0.39 is 24.9 Å². The Hall–Kier alpha value is -2.28. The minimum absolute atomic E-state index is 0.336. The van der Waals surface area contributed by atoms with E-state index in [2.05, 4.69) is 10.4 Å². The number of carbonyl (C=O) groups is 1. The van der Waals surface area contributed by atoms with Gasteiger partial charge in [0.1, 0.15) is 12.6 Å². The van der Waals surface area contributed by atoms with Crippen LogP contribution < -0.4 is 11.1 Å². The van der Waals surface area contributed by atoms with Crippen molar-refractivity contribution in [1.29, 1.82) is 0 Å². The van der Waals surface area contributed by atoms with Gasteiger partial charge in [-0.15, -0.1) is 0 Å². The van der Waals surface area contributed by atoms with Gasteiger partial charge in [0.2, 0.25) is 5.91 Å². The third-order valence-corrected chi connectivity index (χ3v) is 2.94. The predicted octanol–water partition coefficient (Wildman–Crippen LogP) is 2.10. The molecule has 2 aromatic rings.